The molecule has 2 rings (SSSR count). The Balaban J connectivity index is 2.18. The number of cyclic esters (lactones) is 2. The molecule has 18 heavy (non-hydrogen) atoms. The second-order valence-electron chi connectivity index (χ2n) is 4.71. The monoisotopic (exact) mass is 252 g/mol. The van der Waals surface area contributed by atoms with Crippen molar-refractivity contribution >= 4 is 23.7 Å². The van der Waals surface area contributed by atoms with Gasteiger partial charge in [-0.25, -0.2) is 0 Å². The van der Waals surface area contributed by atoms with Crippen molar-refractivity contribution in [1.82, 2.24) is 0 Å². The van der Waals surface area contributed by atoms with E-state index in [2.05, 4.69) is 9.98 Å². The summed E-state index contributed by atoms with van der Waals surface area (Å²) in [5, 5.41) is 0. The molecule has 2 aliphatic rings. The summed E-state index contributed by atoms with van der Waals surface area (Å²) in [6.45, 7) is 5.43. The van der Waals surface area contributed by atoms with Gasteiger partial charge in [0.05, 0.1) is 24.9 Å². The number of hydrogen-bond acceptors (Lipinski definition) is 6. The van der Waals surface area contributed by atoms with Gasteiger partial charge in [-0.15, -0.1) is 0 Å². The van der Waals surface area contributed by atoms with Crippen molar-refractivity contribution in [2.45, 2.75) is 45.7 Å². The minimum absolute atomic E-state index is 0.110. The molecule has 0 amide bonds. The van der Waals surface area contributed by atoms with E-state index in [0.29, 0.717) is 0 Å². The largest absolute Gasteiger partial charge is 0.411 e. The minimum Gasteiger partial charge on any atom is -0.411 e. The lowest BCUT2D eigenvalue weighted by atomic mass is 10.1. The Morgan fingerprint density at radius 1 is 1.00 bits per heavy atom. The molecule has 0 saturated carbocycles. The smallest absolute Gasteiger partial charge is 0.314 e. The summed E-state index contributed by atoms with van der Waals surface area (Å²) in [5.41, 5.74) is 0. The third-order valence-corrected chi connectivity index (χ3v) is 2.80. The molecule has 2 aliphatic heterocycles. The number of carbonyl (C=O) groups is 2. The Morgan fingerprint density at radius 2 is 1.39 bits per heavy atom. The van der Waals surface area contributed by atoms with Gasteiger partial charge >= 0.3 is 11.9 Å². The standard InChI is InChI=1S/C12H16N2O4/c1-6-4-9(15)17-11(13-6)8(3)12-14-7(2)5-10(16)18-12/h6-8H,4-5H2,1-3H3. The zero-order valence-corrected chi connectivity index (χ0v) is 10.7. The highest BCUT2D eigenvalue weighted by Gasteiger charge is 2.31. The third kappa shape index (κ3) is 2.75. The van der Waals surface area contributed by atoms with Gasteiger partial charge in [-0.05, 0) is 20.8 Å². The fourth-order valence-electron chi connectivity index (χ4n) is 1.88. The van der Waals surface area contributed by atoms with Crippen LogP contribution in [0, 0.1) is 5.92 Å². The van der Waals surface area contributed by atoms with E-state index in [9.17, 15) is 9.59 Å². The summed E-state index contributed by atoms with van der Waals surface area (Å²) in [4.78, 5) is 31.2. The molecule has 2 unspecified atom stereocenters. The van der Waals surface area contributed by atoms with E-state index in [1.54, 1.807) is 6.92 Å². The van der Waals surface area contributed by atoms with Crippen molar-refractivity contribution in [1.29, 1.82) is 0 Å². The maximum atomic E-state index is 11.3. The maximum absolute atomic E-state index is 11.3. The quantitative estimate of drug-likeness (QED) is 0.689. The molecule has 0 aromatic heterocycles. The number of nitrogens with zero attached hydrogens (tertiary/aromatic N) is 2. The van der Waals surface area contributed by atoms with Crippen molar-refractivity contribution in [3.8, 4) is 0 Å². The number of rotatable bonds is 2. The Bertz CT molecular complexity index is 401. The van der Waals surface area contributed by atoms with E-state index in [-0.39, 0.29) is 48.7 Å². The molecule has 0 radical (unpaired) electrons. The fraction of sp³-hybridized carbons (Fsp3) is 0.667. The van der Waals surface area contributed by atoms with Crippen LogP contribution < -0.4 is 0 Å². The topological polar surface area (TPSA) is 77.3 Å². The number of carbonyl (C=O) groups excluding carboxylic acids is 2. The number of ether oxygens (including phenoxy) is 2. The molecule has 2 atom stereocenters. The molecule has 0 aromatic carbocycles. The summed E-state index contributed by atoms with van der Waals surface area (Å²) in [6, 6.07) is -0.220. The average molecular weight is 252 g/mol. The van der Waals surface area contributed by atoms with Crippen LogP contribution in [0.5, 0.6) is 0 Å². The highest BCUT2D eigenvalue weighted by Crippen LogP contribution is 2.18. The van der Waals surface area contributed by atoms with E-state index in [0.717, 1.165) is 0 Å². The molecular formula is C12H16N2O4. The molecule has 6 heteroatoms. The van der Waals surface area contributed by atoms with Gasteiger partial charge in [-0.1, -0.05) is 0 Å². The van der Waals surface area contributed by atoms with E-state index in [1.807, 2.05) is 13.8 Å². The predicted octanol–water partition coefficient (Wildman–Crippen LogP) is 1.09. The molecule has 2 heterocycles. The van der Waals surface area contributed by atoms with Crippen molar-refractivity contribution in [2.75, 3.05) is 0 Å². The van der Waals surface area contributed by atoms with Gasteiger partial charge in [0.25, 0.3) is 0 Å². The van der Waals surface area contributed by atoms with Crippen molar-refractivity contribution < 1.29 is 19.1 Å². The molecule has 0 saturated heterocycles. The number of aliphatic imine (C=N–C) groups is 2. The van der Waals surface area contributed by atoms with Gasteiger partial charge < -0.3 is 9.47 Å². The lowest BCUT2D eigenvalue weighted by Crippen LogP contribution is -2.36. The molecule has 0 fully saturated rings. The second kappa shape index (κ2) is 4.88. The van der Waals surface area contributed by atoms with Crippen LogP contribution >= 0.6 is 0 Å². The van der Waals surface area contributed by atoms with Crippen LogP contribution in [-0.4, -0.2) is 35.8 Å². The van der Waals surface area contributed by atoms with Crippen molar-refractivity contribution in [2.24, 2.45) is 15.9 Å². The Morgan fingerprint density at radius 3 is 1.72 bits per heavy atom. The minimum atomic E-state index is -0.414. The maximum Gasteiger partial charge on any atom is 0.314 e. The van der Waals surface area contributed by atoms with Crippen LogP contribution in [0.1, 0.15) is 33.6 Å². The highest BCUT2D eigenvalue weighted by atomic mass is 16.6. The summed E-state index contributed by atoms with van der Waals surface area (Å²) in [6.07, 6.45) is 0.553. The molecular weight excluding hydrogens is 236 g/mol. The summed E-state index contributed by atoms with van der Waals surface area (Å²) >= 11 is 0. The zero-order valence-electron chi connectivity index (χ0n) is 10.7. The van der Waals surface area contributed by atoms with Gasteiger partial charge in [0.1, 0.15) is 5.92 Å². The Kier molecular flexibility index (Phi) is 3.45. The van der Waals surface area contributed by atoms with Crippen molar-refractivity contribution in [3.63, 3.8) is 0 Å². The first-order valence-electron chi connectivity index (χ1n) is 6.02. The lowest BCUT2D eigenvalue weighted by molar-refractivity contribution is -0.137. The molecule has 0 aliphatic carbocycles. The SMILES string of the molecule is CC1CC(=O)OC(C(C)C2=NC(C)CC(=O)O2)=N1. The van der Waals surface area contributed by atoms with Gasteiger partial charge in [0, 0.05) is 0 Å². The fourth-order valence-corrected chi connectivity index (χ4v) is 1.88. The highest BCUT2D eigenvalue weighted by molar-refractivity contribution is 6.07. The van der Waals surface area contributed by atoms with Gasteiger partial charge in [-0.2, -0.15) is 0 Å². The first kappa shape index (κ1) is 12.7. The Labute approximate surface area is 105 Å². The molecule has 98 valence electrons. The first-order chi connectivity index (χ1) is 8.45. The molecule has 6 nitrogen and oxygen atoms in total. The summed E-state index contributed by atoms with van der Waals surface area (Å²) in [5.74, 6) is -0.479. The van der Waals surface area contributed by atoms with E-state index in [1.165, 1.54) is 0 Å². The van der Waals surface area contributed by atoms with Gasteiger partial charge in [0.15, 0.2) is 0 Å². The summed E-state index contributed by atoms with van der Waals surface area (Å²) in [7, 11) is 0. The molecule has 0 N–H and O–H groups in total. The lowest BCUT2D eigenvalue weighted by Gasteiger charge is -2.24. The van der Waals surface area contributed by atoms with Crippen LogP contribution in [-0.2, 0) is 19.1 Å². The van der Waals surface area contributed by atoms with Crippen LogP contribution in [0.3, 0.4) is 0 Å². The van der Waals surface area contributed by atoms with E-state index in [4.69, 9.17) is 9.47 Å². The number of esters is 2. The van der Waals surface area contributed by atoms with Crippen LogP contribution in [0.4, 0.5) is 0 Å². The van der Waals surface area contributed by atoms with Crippen LogP contribution in [0.2, 0.25) is 0 Å². The average Bonchev–Trinajstić information content (AvgIpc) is 2.25. The number of hydrogen-bond donors (Lipinski definition) is 0. The molecule has 0 aromatic rings. The van der Waals surface area contributed by atoms with E-state index >= 15 is 0 Å². The first-order valence-corrected chi connectivity index (χ1v) is 6.02. The Hall–Kier alpha value is -1.72. The molecule has 0 bridgehead atoms. The van der Waals surface area contributed by atoms with Crippen LogP contribution in [0.25, 0.3) is 0 Å². The van der Waals surface area contributed by atoms with Crippen molar-refractivity contribution in [3.05, 3.63) is 0 Å². The summed E-state index contributed by atoms with van der Waals surface area (Å²) < 4.78 is 10.2. The normalized spacial score (nSPS) is 29.9. The third-order valence-electron chi connectivity index (χ3n) is 2.80. The molecule has 0 spiro atoms. The second-order valence-corrected chi connectivity index (χ2v) is 4.71. The predicted molar refractivity (Wildman–Crippen MR) is 64.4 cm³/mol. The van der Waals surface area contributed by atoms with E-state index < -0.39 is 5.92 Å². The zero-order chi connectivity index (χ0) is 13.3. The van der Waals surface area contributed by atoms with Crippen LogP contribution in [0.15, 0.2) is 9.98 Å². The van der Waals surface area contributed by atoms with Gasteiger partial charge in [0.2, 0.25) is 11.8 Å². The van der Waals surface area contributed by atoms with Gasteiger partial charge in [-0.3, -0.25) is 19.6 Å².